The van der Waals surface area contributed by atoms with Crippen molar-refractivity contribution in [2.24, 2.45) is 4.99 Å². The molecule has 0 aliphatic rings. The van der Waals surface area contributed by atoms with Gasteiger partial charge in [0.05, 0.1) is 16.6 Å². The summed E-state index contributed by atoms with van der Waals surface area (Å²) in [6, 6.07) is 0.0918. The molecular weight excluding hydrogens is 142 g/mol. The second-order valence-corrected chi connectivity index (χ2v) is 2.51. The highest BCUT2D eigenvalue weighted by Gasteiger charge is 2.03. The van der Waals surface area contributed by atoms with Gasteiger partial charge in [0, 0.05) is 0 Å². The molecule has 0 saturated heterocycles. The number of nitrogens with zero attached hydrogens (tertiary/aromatic N) is 1. The van der Waals surface area contributed by atoms with Gasteiger partial charge in [-0.25, -0.2) is 4.99 Å². The van der Waals surface area contributed by atoms with Crippen LogP contribution < -0.4 is 0 Å². The van der Waals surface area contributed by atoms with E-state index in [9.17, 15) is 0 Å². The van der Waals surface area contributed by atoms with Crippen LogP contribution in [0.1, 0.15) is 13.8 Å². The number of halogens is 1. The topological polar surface area (TPSA) is 12.4 Å². The molecule has 1 nitrogen and oxygen atoms in total. The fraction of sp³-hybridized carbons (Fsp3) is 0.800. The van der Waals surface area contributed by atoms with Gasteiger partial charge in [0.1, 0.15) is 0 Å². The van der Waals surface area contributed by atoms with Crippen molar-refractivity contribution < 1.29 is 0 Å². The predicted octanol–water partition coefficient (Wildman–Crippen LogP) is 2.10. The van der Waals surface area contributed by atoms with Crippen molar-refractivity contribution in [2.45, 2.75) is 25.3 Å². The Morgan fingerprint density at radius 3 is 2.25 bits per heavy atom. The fourth-order valence-corrected chi connectivity index (χ4v) is 0.408. The molecule has 3 heteroatoms. The molecular formula is C5H8ClNS. The second-order valence-electron chi connectivity index (χ2n) is 1.64. The van der Waals surface area contributed by atoms with E-state index >= 15 is 0 Å². The maximum absolute atomic E-state index is 5.63. The summed E-state index contributed by atoms with van der Waals surface area (Å²) in [6.45, 7) is 3.78. The molecule has 0 aromatic rings. The number of hydrogen-bond acceptors (Lipinski definition) is 2. The third-order valence-electron chi connectivity index (χ3n) is 0.921. The summed E-state index contributed by atoms with van der Waals surface area (Å²) in [4.78, 5) is 3.76. The molecule has 0 aliphatic carbocycles. The first-order valence-corrected chi connectivity index (χ1v) is 3.24. The molecule has 0 N–H and O–H groups in total. The highest BCUT2D eigenvalue weighted by molar-refractivity contribution is 7.78. The standard InChI is InChI=1S/C5H8ClNS/c1-4(6)5(2)7-3-8/h4-5H,1-2H3. The maximum Gasteiger partial charge on any atom is 0.0735 e. The lowest BCUT2D eigenvalue weighted by molar-refractivity contribution is 0.730. The highest BCUT2D eigenvalue weighted by Crippen LogP contribution is 2.02. The SMILES string of the molecule is CC(Cl)C(C)N=C=S. The molecule has 0 radical (unpaired) electrons. The number of hydrogen-bond donors (Lipinski definition) is 0. The quantitative estimate of drug-likeness (QED) is 0.333. The summed E-state index contributed by atoms with van der Waals surface area (Å²) in [5.74, 6) is 0. The van der Waals surface area contributed by atoms with E-state index in [0.717, 1.165) is 0 Å². The Bertz CT molecular complexity index is 107. The third kappa shape index (κ3) is 3.14. The van der Waals surface area contributed by atoms with Crippen molar-refractivity contribution in [1.29, 1.82) is 0 Å². The van der Waals surface area contributed by atoms with Crippen molar-refractivity contribution in [3.8, 4) is 0 Å². The Morgan fingerprint density at radius 2 is 2.12 bits per heavy atom. The largest absolute Gasteiger partial charge is 0.228 e. The van der Waals surface area contributed by atoms with Gasteiger partial charge in [-0.05, 0) is 26.1 Å². The van der Waals surface area contributed by atoms with Crippen molar-refractivity contribution in [2.75, 3.05) is 0 Å². The summed E-state index contributed by atoms with van der Waals surface area (Å²) in [6.07, 6.45) is 0. The molecule has 8 heavy (non-hydrogen) atoms. The van der Waals surface area contributed by atoms with Crippen LogP contribution in [0.15, 0.2) is 4.99 Å². The van der Waals surface area contributed by atoms with Gasteiger partial charge in [-0.3, -0.25) is 0 Å². The van der Waals surface area contributed by atoms with Crippen LogP contribution in [0, 0.1) is 0 Å². The van der Waals surface area contributed by atoms with Crippen molar-refractivity contribution in [3.05, 3.63) is 0 Å². The molecule has 0 spiro atoms. The molecule has 0 fully saturated rings. The van der Waals surface area contributed by atoms with E-state index in [4.69, 9.17) is 11.6 Å². The lowest BCUT2D eigenvalue weighted by Crippen LogP contribution is -2.09. The molecule has 0 aromatic carbocycles. The van der Waals surface area contributed by atoms with Crippen LogP contribution in [-0.4, -0.2) is 16.6 Å². The molecule has 46 valence electrons. The van der Waals surface area contributed by atoms with Crippen LogP contribution in [0.5, 0.6) is 0 Å². The predicted molar refractivity (Wildman–Crippen MR) is 39.8 cm³/mol. The Morgan fingerprint density at radius 1 is 1.62 bits per heavy atom. The zero-order valence-corrected chi connectivity index (χ0v) is 6.46. The number of thiocarbonyl (C=S) groups is 1. The van der Waals surface area contributed by atoms with E-state index in [1.165, 1.54) is 0 Å². The molecule has 0 aromatic heterocycles. The third-order valence-corrected chi connectivity index (χ3v) is 1.39. The first-order chi connectivity index (χ1) is 3.68. The molecule has 0 heterocycles. The van der Waals surface area contributed by atoms with Crippen LogP contribution in [0.3, 0.4) is 0 Å². The van der Waals surface area contributed by atoms with Crippen LogP contribution in [0.4, 0.5) is 0 Å². The zero-order valence-electron chi connectivity index (χ0n) is 4.89. The van der Waals surface area contributed by atoms with Gasteiger partial charge in [0.2, 0.25) is 0 Å². The summed E-state index contributed by atoms with van der Waals surface area (Å²) >= 11 is 10.00. The average Bonchev–Trinajstić information content (AvgIpc) is 1.67. The van der Waals surface area contributed by atoms with E-state index in [2.05, 4.69) is 22.4 Å². The van der Waals surface area contributed by atoms with E-state index < -0.39 is 0 Å². The Hall–Kier alpha value is 0.0900. The first kappa shape index (κ1) is 8.09. The van der Waals surface area contributed by atoms with Gasteiger partial charge in [-0.15, -0.1) is 11.6 Å². The van der Waals surface area contributed by atoms with Crippen LogP contribution >= 0.6 is 23.8 Å². The fourth-order valence-electron chi connectivity index (χ4n) is 0.186. The normalized spacial score (nSPS) is 16.4. The van der Waals surface area contributed by atoms with Gasteiger partial charge in [0.15, 0.2) is 0 Å². The minimum Gasteiger partial charge on any atom is -0.228 e. The van der Waals surface area contributed by atoms with Gasteiger partial charge < -0.3 is 0 Å². The maximum atomic E-state index is 5.63. The summed E-state index contributed by atoms with van der Waals surface area (Å²) < 4.78 is 0. The number of isothiocyanates is 1. The Labute approximate surface area is 59.8 Å². The van der Waals surface area contributed by atoms with Crippen molar-refractivity contribution >= 4 is 29.0 Å². The second kappa shape index (κ2) is 4.02. The Kier molecular flexibility index (Phi) is 4.06. The van der Waals surface area contributed by atoms with Crippen LogP contribution in [0.2, 0.25) is 0 Å². The first-order valence-electron chi connectivity index (χ1n) is 2.39. The average molecular weight is 150 g/mol. The molecule has 2 unspecified atom stereocenters. The minimum absolute atomic E-state index is 0.0467. The van der Waals surface area contributed by atoms with Crippen LogP contribution in [0.25, 0.3) is 0 Å². The number of aliphatic imine (C=N–C) groups is 1. The van der Waals surface area contributed by atoms with E-state index in [-0.39, 0.29) is 11.4 Å². The smallest absolute Gasteiger partial charge is 0.0735 e. The van der Waals surface area contributed by atoms with E-state index in [0.29, 0.717) is 0 Å². The molecule has 2 atom stereocenters. The molecule has 0 amide bonds. The van der Waals surface area contributed by atoms with Crippen molar-refractivity contribution in [1.82, 2.24) is 0 Å². The van der Waals surface area contributed by atoms with E-state index in [1.54, 1.807) is 0 Å². The lowest BCUT2D eigenvalue weighted by Gasteiger charge is -2.03. The molecule has 0 aliphatic heterocycles. The summed E-state index contributed by atoms with van der Waals surface area (Å²) in [7, 11) is 0. The molecule has 0 bridgehead atoms. The van der Waals surface area contributed by atoms with Gasteiger partial charge in [-0.2, -0.15) is 0 Å². The zero-order chi connectivity index (χ0) is 6.57. The van der Waals surface area contributed by atoms with Crippen LogP contribution in [-0.2, 0) is 0 Å². The number of alkyl halides is 1. The highest BCUT2D eigenvalue weighted by atomic mass is 35.5. The van der Waals surface area contributed by atoms with Gasteiger partial charge in [-0.1, -0.05) is 0 Å². The monoisotopic (exact) mass is 149 g/mol. The van der Waals surface area contributed by atoms with Gasteiger partial charge in [0.25, 0.3) is 0 Å². The van der Waals surface area contributed by atoms with Crippen molar-refractivity contribution in [3.63, 3.8) is 0 Å². The summed E-state index contributed by atoms with van der Waals surface area (Å²) in [5, 5.41) is 2.32. The lowest BCUT2D eigenvalue weighted by atomic mass is 10.3. The summed E-state index contributed by atoms with van der Waals surface area (Å²) in [5.41, 5.74) is 0. The number of rotatable bonds is 2. The minimum atomic E-state index is 0.0467. The molecule has 0 saturated carbocycles. The molecule has 0 rings (SSSR count). The van der Waals surface area contributed by atoms with Gasteiger partial charge >= 0.3 is 0 Å². The van der Waals surface area contributed by atoms with E-state index in [1.807, 2.05) is 13.8 Å². The Balaban J connectivity index is 3.63.